The van der Waals surface area contributed by atoms with Gasteiger partial charge in [-0.2, -0.15) is 0 Å². The van der Waals surface area contributed by atoms with Gasteiger partial charge in [0.15, 0.2) is 0 Å². The molecule has 0 saturated carbocycles. The second-order valence-corrected chi connectivity index (χ2v) is 3.56. The largest absolute Gasteiger partial charge is 0.465 e. The number of rotatable bonds is 3. The Morgan fingerprint density at radius 3 is 2.83 bits per heavy atom. The van der Waals surface area contributed by atoms with Crippen molar-refractivity contribution >= 4 is 11.7 Å². The van der Waals surface area contributed by atoms with Gasteiger partial charge in [0.1, 0.15) is 12.0 Å². The van der Waals surface area contributed by atoms with E-state index in [1.807, 2.05) is 6.92 Å². The summed E-state index contributed by atoms with van der Waals surface area (Å²) in [7, 11) is 0. The molecule has 0 saturated heterocycles. The summed E-state index contributed by atoms with van der Waals surface area (Å²) in [6, 6.07) is 4.68. The molecular weight excluding hydrogens is 234 g/mol. The molecule has 0 amide bonds. The molecule has 0 heterocycles. The monoisotopic (exact) mass is 247 g/mol. The number of nitrogens with zero attached hydrogens (tertiary/aromatic N) is 1. The normalized spacial score (nSPS) is 9.22. The second-order valence-electron chi connectivity index (χ2n) is 3.56. The summed E-state index contributed by atoms with van der Waals surface area (Å²) in [4.78, 5) is 21.3. The van der Waals surface area contributed by atoms with Crippen LogP contribution in [-0.4, -0.2) is 17.5 Å². The summed E-state index contributed by atoms with van der Waals surface area (Å²) >= 11 is 0. The Bertz CT molecular complexity index is 526. The van der Waals surface area contributed by atoms with E-state index >= 15 is 0 Å². The Kier molecular flexibility index (Phi) is 4.88. The number of carbonyl (C=O) groups excluding carboxylic acids is 1. The van der Waals surface area contributed by atoms with Crippen LogP contribution >= 0.6 is 0 Å². The summed E-state index contributed by atoms with van der Waals surface area (Å²) in [6.07, 6.45) is -0.0705. The van der Waals surface area contributed by atoms with Crippen molar-refractivity contribution in [2.75, 3.05) is 6.61 Å². The summed E-state index contributed by atoms with van der Waals surface area (Å²) in [5, 5.41) is 10.8. The van der Waals surface area contributed by atoms with E-state index < -0.39 is 10.9 Å². The number of nitro benzene ring substituents is 1. The number of carbonyl (C=O) groups is 1. The maximum Gasteiger partial charge on any atom is 0.317 e. The van der Waals surface area contributed by atoms with Crippen molar-refractivity contribution in [1.29, 1.82) is 0 Å². The molecule has 0 bridgehead atoms. The topological polar surface area (TPSA) is 69.4 Å². The van der Waals surface area contributed by atoms with Crippen LogP contribution in [0.25, 0.3) is 0 Å². The third-order valence-electron chi connectivity index (χ3n) is 2.11. The molecule has 0 aliphatic carbocycles. The molecule has 0 spiro atoms. The molecule has 1 aromatic rings. The summed E-state index contributed by atoms with van der Waals surface area (Å²) in [6.45, 7) is 3.82. The molecule has 5 nitrogen and oxygen atoms in total. The van der Waals surface area contributed by atoms with Gasteiger partial charge in [-0.25, -0.2) is 0 Å². The molecule has 0 fully saturated rings. The van der Waals surface area contributed by atoms with Gasteiger partial charge < -0.3 is 4.74 Å². The van der Waals surface area contributed by atoms with E-state index in [2.05, 4.69) is 11.8 Å². The van der Waals surface area contributed by atoms with Crippen molar-refractivity contribution in [1.82, 2.24) is 0 Å². The van der Waals surface area contributed by atoms with E-state index in [9.17, 15) is 14.9 Å². The van der Waals surface area contributed by atoms with Gasteiger partial charge in [-0.3, -0.25) is 14.9 Å². The van der Waals surface area contributed by atoms with Crippen LogP contribution in [0, 0.1) is 28.9 Å². The van der Waals surface area contributed by atoms with Gasteiger partial charge in [0, 0.05) is 6.07 Å². The number of benzene rings is 1. The third kappa shape index (κ3) is 3.91. The first-order valence-corrected chi connectivity index (χ1v) is 5.44. The number of esters is 1. The zero-order valence-electron chi connectivity index (χ0n) is 10.2. The van der Waals surface area contributed by atoms with Crippen LogP contribution in [-0.2, 0) is 9.53 Å². The fourth-order valence-corrected chi connectivity index (χ4v) is 1.33. The average Bonchev–Trinajstić information content (AvgIpc) is 2.29. The standard InChI is InChI=1S/C13H13NO4/c1-3-18-13(15)6-4-5-11-9-10(2)7-8-12(11)14(16)17/h7-9H,3,6H2,1-2H3. The number of nitro groups is 1. The molecule has 5 heteroatoms. The number of aryl methyl sites for hydroxylation is 1. The second kappa shape index (κ2) is 6.40. The first kappa shape index (κ1) is 13.7. The van der Waals surface area contributed by atoms with Crippen LogP contribution in [0.5, 0.6) is 0 Å². The molecular formula is C13H13NO4. The zero-order valence-corrected chi connectivity index (χ0v) is 10.2. The smallest absolute Gasteiger partial charge is 0.317 e. The van der Waals surface area contributed by atoms with E-state index in [1.54, 1.807) is 19.1 Å². The van der Waals surface area contributed by atoms with Crippen LogP contribution < -0.4 is 0 Å². The zero-order chi connectivity index (χ0) is 13.5. The van der Waals surface area contributed by atoms with Gasteiger partial charge in [-0.1, -0.05) is 17.9 Å². The lowest BCUT2D eigenvalue weighted by Crippen LogP contribution is -2.01. The van der Waals surface area contributed by atoms with E-state index in [0.717, 1.165) is 5.56 Å². The van der Waals surface area contributed by atoms with Crippen molar-refractivity contribution in [3.05, 3.63) is 39.4 Å². The summed E-state index contributed by atoms with van der Waals surface area (Å²) < 4.78 is 4.71. The van der Waals surface area contributed by atoms with E-state index in [0.29, 0.717) is 12.2 Å². The Balaban J connectivity index is 2.90. The van der Waals surface area contributed by atoms with Crippen LogP contribution in [0.1, 0.15) is 24.5 Å². The molecule has 0 aliphatic heterocycles. The maximum absolute atomic E-state index is 11.1. The van der Waals surface area contributed by atoms with Crippen molar-refractivity contribution in [2.45, 2.75) is 20.3 Å². The molecule has 0 radical (unpaired) electrons. The minimum atomic E-state index is -0.492. The summed E-state index contributed by atoms with van der Waals surface area (Å²) in [5.74, 6) is 4.78. The highest BCUT2D eigenvalue weighted by molar-refractivity contribution is 5.72. The number of ether oxygens (including phenoxy) is 1. The van der Waals surface area contributed by atoms with Gasteiger partial charge in [0.25, 0.3) is 5.69 Å². The molecule has 94 valence electrons. The quantitative estimate of drug-likeness (QED) is 0.355. The van der Waals surface area contributed by atoms with Crippen molar-refractivity contribution in [2.24, 2.45) is 0 Å². The maximum atomic E-state index is 11.1. The Morgan fingerprint density at radius 1 is 1.50 bits per heavy atom. The van der Waals surface area contributed by atoms with Crippen molar-refractivity contribution < 1.29 is 14.5 Å². The SMILES string of the molecule is CCOC(=O)CC#Cc1cc(C)ccc1[N+](=O)[O-]. The molecule has 0 unspecified atom stereocenters. The Labute approximate surface area is 105 Å². The number of hydrogen-bond donors (Lipinski definition) is 0. The molecule has 0 N–H and O–H groups in total. The molecule has 1 aromatic carbocycles. The fraction of sp³-hybridized carbons (Fsp3) is 0.308. The highest BCUT2D eigenvalue weighted by Gasteiger charge is 2.11. The van der Waals surface area contributed by atoms with Gasteiger partial charge >= 0.3 is 5.97 Å². The van der Waals surface area contributed by atoms with Gasteiger partial charge in [-0.15, -0.1) is 0 Å². The molecule has 0 aliphatic rings. The number of hydrogen-bond acceptors (Lipinski definition) is 4. The van der Waals surface area contributed by atoms with E-state index in [4.69, 9.17) is 4.74 Å². The van der Waals surface area contributed by atoms with Crippen LogP contribution in [0.4, 0.5) is 5.69 Å². The van der Waals surface area contributed by atoms with Gasteiger partial charge in [0.05, 0.1) is 11.5 Å². The molecule has 18 heavy (non-hydrogen) atoms. The van der Waals surface area contributed by atoms with E-state index in [-0.39, 0.29) is 12.1 Å². The highest BCUT2D eigenvalue weighted by atomic mass is 16.6. The van der Waals surface area contributed by atoms with Gasteiger partial charge in [-0.05, 0) is 25.5 Å². The minimum absolute atomic E-state index is 0.0584. The van der Waals surface area contributed by atoms with E-state index in [1.165, 1.54) is 6.07 Å². The van der Waals surface area contributed by atoms with Crippen molar-refractivity contribution in [3.63, 3.8) is 0 Å². The minimum Gasteiger partial charge on any atom is -0.465 e. The highest BCUT2D eigenvalue weighted by Crippen LogP contribution is 2.18. The third-order valence-corrected chi connectivity index (χ3v) is 2.11. The Morgan fingerprint density at radius 2 is 2.22 bits per heavy atom. The van der Waals surface area contributed by atoms with Gasteiger partial charge in [0.2, 0.25) is 0 Å². The lowest BCUT2D eigenvalue weighted by atomic mass is 10.1. The molecule has 1 rings (SSSR count). The molecule has 0 aromatic heterocycles. The Hall–Kier alpha value is -2.35. The summed E-state index contributed by atoms with van der Waals surface area (Å²) in [5.41, 5.74) is 1.13. The van der Waals surface area contributed by atoms with Crippen molar-refractivity contribution in [3.8, 4) is 11.8 Å². The van der Waals surface area contributed by atoms with Crippen LogP contribution in [0.15, 0.2) is 18.2 Å². The average molecular weight is 247 g/mol. The fourth-order valence-electron chi connectivity index (χ4n) is 1.33. The lowest BCUT2D eigenvalue weighted by Gasteiger charge is -1.97. The lowest BCUT2D eigenvalue weighted by molar-refractivity contribution is -0.385. The van der Waals surface area contributed by atoms with Crippen LogP contribution in [0.2, 0.25) is 0 Å². The predicted molar refractivity (Wildman–Crippen MR) is 66.0 cm³/mol. The van der Waals surface area contributed by atoms with Crippen LogP contribution in [0.3, 0.4) is 0 Å². The molecule has 0 atom stereocenters. The first-order valence-electron chi connectivity index (χ1n) is 5.44. The first-order chi connectivity index (χ1) is 8.54. The predicted octanol–water partition coefficient (Wildman–Crippen LogP) is 2.21.